The van der Waals surface area contributed by atoms with Gasteiger partial charge >= 0.3 is 5.97 Å². The minimum Gasteiger partial charge on any atom is -0.479 e. The number of carboxylic acids is 1. The number of nitrogens with zero attached hydrogens (tertiary/aromatic N) is 3. The van der Waals surface area contributed by atoms with E-state index in [9.17, 15) is 14.0 Å². The quantitative estimate of drug-likeness (QED) is 0.807. The first-order valence-electron chi connectivity index (χ1n) is 5.98. The summed E-state index contributed by atoms with van der Waals surface area (Å²) < 4.78 is 23.6. The van der Waals surface area contributed by atoms with Crippen LogP contribution in [-0.2, 0) is 20.9 Å². The molecule has 20 heavy (non-hydrogen) atoms. The van der Waals surface area contributed by atoms with E-state index in [0.717, 1.165) is 4.90 Å². The lowest BCUT2D eigenvalue weighted by molar-refractivity contribution is -0.150. The van der Waals surface area contributed by atoms with Crippen LogP contribution in [0.5, 0.6) is 0 Å². The SMILES string of the molecule is Cc1noc(COCC(=O)N2CCC(F)(C(=O)O)C2)n1. The number of alkyl halides is 1. The maximum absolute atomic E-state index is 13.8. The predicted molar refractivity (Wildman–Crippen MR) is 61.4 cm³/mol. The van der Waals surface area contributed by atoms with Crippen LogP contribution in [0.25, 0.3) is 0 Å². The van der Waals surface area contributed by atoms with E-state index < -0.39 is 24.1 Å². The van der Waals surface area contributed by atoms with E-state index in [1.165, 1.54) is 0 Å². The molecule has 1 atom stereocenters. The summed E-state index contributed by atoms with van der Waals surface area (Å²) in [6.45, 7) is 0.932. The van der Waals surface area contributed by atoms with E-state index in [1.54, 1.807) is 6.92 Å². The molecule has 0 aromatic carbocycles. The fraction of sp³-hybridized carbons (Fsp3) is 0.636. The molecule has 0 bridgehead atoms. The summed E-state index contributed by atoms with van der Waals surface area (Å²) >= 11 is 0. The topological polar surface area (TPSA) is 106 Å². The van der Waals surface area contributed by atoms with Crippen molar-refractivity contribution in [1.29, 1.82) is 0 Å². The van der Waals surface area contributed by atoms with E-state index in [-0.39, 0.29) is 32.1 Å². The van der Waals surface area contributed by atoms with E-state index >= 15 is 0 Å². The van der Waals surface area contributed by atoms with Crippen LogP contribution in [0.4, 0.5) is 4.39 Å². The molecular formula is C11H14FN3O5. The Morgan fingerprint density at radius 1 is 1.60 bits per heavy atom. The molecule has 9 heteroatoms. The summed E-state index contributed by atoms with van der Waals surface area (Å²) in [6.07, 6.45) is -0.211. The fourth-order valence-corrected chi connectivity index (χ4v) is 1.88. The van der Waals surface area contributed by atoms with Crippen molar-refractivity contribution in [2.45, 2.75) is 25.6 Å². The highest BCUT2D eigenvalue weighted by molar-refractivity contribution is 5.82. The van der Waals surface area contributed by atoms with Gasteiger partial charge in [0.15, 0.2) is 5.82 Å². The minimum atomic E-state index is -2.36. The Kier molecular flexibility index (Phi) is 3.98. The molecule has 1 aliphatic rings. The molecule has 2 rings (SSSR count). The Labute approximate surface area is 113 Å². The number of aromatic nitrogens is 2. The molecule has 1 fully saturated rings. The monoisotopic (exact) mass is 287 g/mol. The fourth-order valence-electron chi connectivity index (χ4n) is 1.88. The van der Waals surface area contributed by atoms with E-state index in [4.69, 9.17) is 14.4 Å². The molecule has 110 valence electrons. The molecule has 0 aliphatic carbocycles. The first-order valence-corrected chi connectivity index (χ1v) is 5.98. The van der Waals surface area contributed by atoms with Gasteiger partial charge in [0.05, 0.1) is 6.54 Å². The van der Waals surface area contributed by atoms with Crippen molar-refractivity contribution >= 4 is 11.9 Å². The highest BCUT2D eigenvalue weighted by Crippen LogP contribution is 2.25. The largest absolute Gasteiger partial charge is 0.479 e. The van der Waals surface area contributed by atoms with Crippen molar-refractivity contribution in [2.75, 3.05) is 19.7 Å². The molecule has 1 aromatic rings. The van der Waals surface area contributed by atoms with Crippen molar-refractivity contribution in [2.24, 2.45) is 0 Å². The third-order valence-electron chi connectivity index (χ3n) is 2.98. The second kappa shape index (κ2) is 5.53. The van der Waals surface area contributed by atoms with E-state index in [0.29, 0.717) is 5.82 Å². The smallest absolute Gasteiger partial charge is 0.343 e. The van der Waals surface area contributed by atoms with Gasteiger partial charge < -0.3 is 19.3 Å². The van der Waals surface area contributed by atoms with Crippen LogP contribution in [0.1, 0.15) is 18.1 Å². The van der Waals surface area contributed by atoms with Crippen LogP contribution in [0.15, 0.2) is 4.52 Å². The number of hydrogen-bond donors (Lipinski definition) is 1. The first-order chi connectivity index (χ1) is 9.40. The number of ether oxygens (including phenoxy) is 1. The predicted octanol–water partition coefficient (Wildman–Crippen LogP) is -0.0802. The van der Waals surface area contributed by atoms with Gasteiger partial charge in [0.2, 0.25) is 11.6 Å². The Morgan fingerprint density at radius 2 is 2.35 bits per heavy atom. The molecule has 1 saturated heterocycles. The second-order valence-corrected chi connectivity index (χ2v) is 4.56. The van der Waals surface area contributed by atoms with Crippen LogP contribution in [0.2, 0.25) is 0 Å². The Morgan fingerprint density at radius 3 is 2.90 bits per heavy atom. The van der Waals surface area contributed by atoms with Gasteiger partial charge in [-0.1, -0.05) is 5.16 Å². The van der Waals surface area contributed by atoms with Gasteiger partial charge in [0.1, 0.15) is 13.2 Å². The second-order valence-electron chi connectivity index (χ2n) is 4.56. The molecule has 1 amide bonds. The van der Waals surface area contributed by atoms with Gasteiger partial charge in [-0.15, -0.1) is 0 Å². The lowest BCUT2D eigenvalue weighted by atomic mass is 10.1. The molecule has 0 spiro atoms. The van der Waals surface area contributed by atoms with Crippen LogP contribution >= 0.6 is 0 Å². The van der Waals surface area contributed by atoms with Crippen molar-refractivity contribution in [3.05, 3.63) is 11.7 Å². The normalized spacial score (nSPS) is 22.2. The zero-order valence-corrected chi connectivity index (χ0v) is 10.8. The van der Waals surface area contributed by atoms with E-state index in [1.807, 2.05) is 0 Å². The number of aryl methyl sites for hydroxylation is 1. The average Bonchev–Trinajstić information content (AvgIpc) is 2.97. The molecule has 0 radical (unpaired) electrons. The Hall–Kier alpha value is -2.03. The van der Waals surface area contributed by atoms with Crippen molar-refractivity contribution in [3.63, 3.8) is 0 Å². The molecule has 1 unspecified atom stereocenters. The van der Waals surface area contributed by atoms with Crippen molar-refractivity contribution in [3.8, 4) is 0 Å². The number of hydrogen-bond acceptors (Lipinski definition) is 6. The number of amides is 1. The number of carbonyl (C=O) groups is 2. The summed E-state index contributed by atoms with van der Waals surface area (Å²) in [5.41, 5.74) is -2.36. The summed E-state index contributed by atoms with van der Waals surface area (Å²) in [5.74, 6) is -1.32. The Bertz CT molecular complexity index is 520. The third-order valence-corrected chi connectivity index (χ3v) is 2.98. The molecule has 1 aliphatic heterocycles. The van der Waals surface area contributed by atoms with Gasteiger partial charge in [0.25, 0.3) is 5.89 Å². The number of rotatable bonds is 5. The number of carbonyl (C=O) groups excluding carboxylic acids is 1. The number of aliphatic carboxylic acids is 1. The highest BCUT2D eigenvalue weighted by atomic mass is 19.1. The standard InChI is InChI=1S/C11H14FN3O5/c1-7-13-8(20-14-7)4-19-5-9(16)15-3-2-11(12,6-15)10(17)18/h2-6H2,1H3,(H,17,18). The molecule has 8 nitrogen and oxygen atoms in total. The Balaban J connectivity index is 1.77. The van der Waals surface area contributed by atoms with Crippen molar-refractivity contribution < 1.29 is 28.3 Å². The van der Waals surface area contributed by atoms with Gasteiger partial charge in [-0.05, 0) is 6.92 Å². The summed E-state index contributed by atoms with van der Waals surface area (Å²) in [7, 11) is 0. The van der Waals surface area contributed by atoms with Gasteiger partial charge in [-0.25, -0.2) is 9.18 Å². The summed E-state index contributed by atoms with van der Waals surface area (Å²) in [5, 5.41) is 12.3. The van der Waals surface area contributed by atoms with Gasteiger partial charge in [-0.3, -0.25) is 4.79 Å². The maximum Gasteiger partial charge on any atom is 0.343 e. The summed E-state index contributed by atoms with van der Waals surface area (Å²) in [4.78, 5) is 27.5. The molecule has 1 N–H and O–H groups in total. The zero-order chi connectivity index (χ0) is 14.8. The number of likely N-dealkylation sites (tertiary alicyclic amines) is 1. The number of carboxylic acid groups (broad SMARTS) is 1. The van der Waals surface area contributed by atoms with Crippen LogP contribution < -0.4 is 0 Å². The summed E-state index contributed by atoms with van der Waals surface area (Å²) in [6, 6.07) is 0. The van der Waals surface area contributed by atoms with Crippen LogP contribution in [0, 0.1) is 6.92 Å². The molecule has 1 aromatic heterocycles. The first kappa shape index (κ1) is 14.4. The minimum absolute atomic E-state index is 0.0277. The number of halogens is 1. The maximum atomic E-state index is 13.8. The van der Waals surface area contributed by atoms with Crippen molar-refractivity contribution in [1.82, 2.24) is 15.0 Å². The van der Waals surface area contributed by atoms with E-state index in [2.05, 4.69) is 10.1 Å². The van der Waals surface area contributed by atoms with Gasteiger partial charge in [-0.2, -0.15) is 4.98 Å². The molecule has 2 heterocycles. The lowest BCUT2D eigenvalue weighted by Gasteiger charge is -2.17. The van der Waals surface area contributed by atoms with Crippen LogP contribution in [-0.4, -0.2) is 57.4 Å². The third kappa shape index (κ3) is 3.10. The zero-order valence-electron chi connectivity index (χ0n) is 10.8. The van der Waals surface area contributed by atoms with Crippen LogP contribution in [0.3, 0.4) is 0 Å². The lowest BCUT2D eigenvalue weighted by Crippen LogP contribution is -2.40. The molecular weight excluding hydrogens is 273 g/mol. The molecule has 0 saturated carbocycles. The average molecular weight is 287 g/mol. The van der Waals surface area contributed by atoms with Gasteiger partial charge in [0, 0.05) is 13.0 Å². The highest BCUT2D eigenvalue weighted by Gasteiger charge is 2.46.